The lowest BCUT2D eigenvalue weighted by atomic mass is 10.1. The van der Waals surface area contributed by atoms with E-state index in [2.05, 4.69) is 10.6 Å². The van der Waals surface area contributed by atoms with E-state index in [1.54, 1.807) is 18.2 Å². The predicted molar refractivity (Wildman–Crippen MR) is 136 cm³/mol. The zero-order chi connectivity index (χ0) is 25.3. The van der Waals surface area contributed by atoms with Crippen molar-refractivity contribution in [3.05, 3.63) is 125 Å². The molecule has 0 aliphatic carbocycles. The van der Waals surface area contributed by atoms with Crippen molar-refractivity contribution in [2.24, 2.45) is 0 Å². The van der Waals surface area contributed by atoms with E-state index in [1.165, 1.54) is 12.1 Å². The average Bonchev–Trinajstić information content (AvgIpc) is 2.89. The largest absolute Gasteiger partial charge is 0.488 e. The summed E-state index contributed by atoms with van der Waals surface area (Å²) in [4.78, 5) is 25.7. The van der Waals surface area contributed by atoms with Crippen LogP contribution in [0.5, 0.6) is 11.5 Å². The van der Waals surface area contributed by atoms with Crippen LogP contribution in [-0.2, 0) is 13.2 Å². The van der Waals surface area contributed by atoms with Crippen molar-refractivity contribution in [2.45, 2.75) is 13.2 Å². The van der Waals surface area contributed by atoms with Gasteiger partial charge in [-0.1, -0.05) is 78.3 Å². The van der Waals surface area contributed by atoms with Crippen LogP contribution in [0.1, 0.15) is 21.5 Å². The average molecular weight is 505 g/mol. The molecule has 182 valence electrons. The topological polar surface area (TPSA) is 76.7 Å². The van der Waals surface area contributed by atoms with Crippen LogP contribution in [0.4, 0.5) is 14.9 Å². The molecule has 8 heteroatoms. The minimum atomic E-state index is -0.824. The number of anilines is 1. The highest BCUT2D eigenvalue weighted by Gasteiger charge is 2.21. The summed E-state index contributed by atoms with van der Waals surface area (Å²) in [6, 6.07) is 26.8. The van der Waals surface area contributed by atoms with E-state index < -0.39 is 17.8 Å². The number of halogens is 2. The third kappa shape index (κ3) is 6.61. The molecule has 3 amide bonds. The molecule has 0 unspecified atom stereocenters. The van der Waals surface area contributed by atoms with Gasteiger partial charge in [-0.25, -0.2) is 9.18 Å². The standard InChI is InChI=1S/C28H22ClFN2O4/c29-22-16-21(14-15-23(22)30)31-28(34)32-27(33)26-24(35-17-19-8-3-1-4-9-19)12-7-13-25(26)36-18-20-10-5-2-6-11-20/h1-16H,17-18H2,(H2,31,32,33,34). The van der Waals surface area contributed by atoms with Crippen LogP contribution in [0.2, 0.25) is 5.02 Å². The van der Waals surface area contributed by atoms with Gasteiger partial charge in [-0.2, -0.15) is 0 Å². The minimum absolute atomic E-state index is 0.0663. The first-order valence-corrected chi connectivity index (χ1v) is 11.4. The number of carbonyl (C=O) groups is 2. The predicted octanol–water partition coefficient (Wildman–Crippen LogP) is 6.60. The van der Waals surface area contributed by atoms with Crippen molar-refractivity contribution in [1.29, 1.82) is 0 Å². The molecule has 36 heavy (non-hydrogen) atoms. The fraction of sp³-hybridized carbons (Fsp3) is 0.0714. The molecule has 4 aromatic carbocycles. The summed E-state index contributed by atoms with van der Waals surface area (Å²) in [5, 5.41) is 4.57. The number of nitrogens with one attached hydrogen (secondary N) is 2. The Bertz CT molecular complexity index is 1290. The van der Waals surface area contributed by atoms with Crippen molar-refractivity contribution in [3.63, 3.8) is 0 Å². The summed E-state index contributed by atoms with van der Waals surface area (Å²) in [6.07, 6.45) is 0. The molecule has 0 spiro atoms. The van der Waals surface area contributed by atoms with Gasteiger partial charge in [0.2, 0.25) is 0 Å². The summed E-state index contributed by atoms with van der Waals surface area (Å²) in [6.45, 7) is 0.424. The number of hydrogen-bond donors (Lipinski definition) is 2. The van der Waals surface area contributed by atoms with Crippen LogP contribution >= 0.6 is 11.6 Å². The zero-order valence-electron chi connectivity index (χ0n) is 19.0. The molecule has 0 aromatic heterocycles. The Kier molecular flexibility index (Phi) is 8.16. The number of benzene rings is 4. The van der Waals surface area contributed by atoms with Crippen molar-refractivity contribution >= 4 is 29.2 Å². The van der Waals surface area contributed by atoms with Crippen LogP contribution in [0.25, 0.3) is 0 Å². The van der Waals surface area contributed by atoms with Gasteiger partial charge in [0.05, 0.1) is 5.02 Å². The maximum absolute atomic E-state index is 13.4. The fourth-order valence-electron chi connectivity index (χ4n) is 3.35. The van der Waals surface area contributed by atoms with E-state index >= 15 is 0 Å². The van der Waals surface area contributed by atoms with Gasteiger partial charge in [0.1, 0.15) is 36.1 Å². The van der Waals surface area contributed by atoms with E-state index in [-0.39, 0.29) is 41.0 Å². The highest BCUT2D eigenvalue weighted by Crippen LogP contribution is 2.30. The van der Waals surface area contributed by atoms with E-state index in [9.17, 15) is 14.0 Å². The molecule has 0 heterocycles. The molecule has 0 aliphatic rings. The van der Waals surface area contributed by atoms with Crippen molar-refractivity contribution in [3.8, 4) is 11.5 Å². The van der Waals surface area contributed by atoms with Gasteiger partial charge in [0.25, 0.3) is 5.91 Å². The maximum Gasteiger partial charge on any atom is 0.326 e. The van der Waals surface area contributed by atoms with E-state index in [4.69, 9.17) is 21.1 Å². The highest BCUT2D eigenvalue weighted by atomic mass is 35.5. The Hall–Kier alpha value is -4.36. The Morgan fingerprint density at radius 2 is 1.31 bits per heavy atom. The number of imide groups is 1. The molecule has 0 bridgehead atoms. The SMILES string of the molecule is O=C(NC(=O)c1c(OCc2ccccc2)cccc1OCc1ccccc1)Nc1ccc(F)c(Cl)c1. The Morgan fingerprint density at radius 1 is 0.750 bits per heavy atom. The minimum Gasteiger partial charge on any atom is -0.488 e. The molecular weight excluding hydrogens is 483 g/mol. The summed E-state index contributed by atoms with van der Waals surface area (Å²) < 4.78 is 25.3. The van der Waals surface area contributed by atoms with Crippen molar-refractivity contribution in [1.82, 2.24) is 5.32 Å². The molecule has 4 rings (SSSR count). The third-order valence-corrected chi connectivity index (χ3v) is 5.38. The van der Waals surface area contributed by atoms with Gasteiger partial charge < -0.3 is 14.8 Å². The first kappa shape index (κ1) is 24.8. The second kappa shape index (κ2) is 11.9. The Morgan fingerprint density at radius 3 is 1.83 bits per heavy atom. The monoisotopic (exact) mass is 504 g/mol. The van der Waals surface area contributed by atoms with Crippen LogP contribution in [0, 0.1) is 5.82 Å². The number of carbonyl (C=O) groups excluding carboxylic acids is 2. The molecular formula is C28H22ClFN2O4. The molecule has 0 atom stereocenters. The number of urea groups is 1. The second-order valence-electron chi connectivity index (χ2n) is 7.71. The molecule has 0 saturated carbocycles. The Balaban J connectivity index is 1.55. The highest BCUT2D eigenvalue weighted by molar-refractivity contribution is 6.31. The maximum atomic E-state index is 13.4. The molecule has 0 saturated heterocycles. The lowest BCUT2D eigenvalue weighted by Gasteiger charge is -2.16. The van der Waals surface area contributed by atoms with Crippen LogP contribution < -0.4 is 20.1 Å². The quantitative estimate of drug-likeness (QED) is 0.283. The van der Waals surface area contributed by atoms with Gasteiger partial charge in [-0.05, 0) is 41.5 Å². The lowest BCUT2D eigenvalue weighted by Crippen LogP contribution is -2.34. The van der Waals surface area contributed by atoms with E-state index in [0.717, 1.165) is 17.2 Å². The van der Waals surface area contributed by atoms with E-state index in [1.807, 2.05) is 60.7 Å². The van der Waals surface area contributed by atoms with E-state index in [0.29, 0.717) is 0 Å². The van der Waals surface area contributed by atoms with Crippen molar-refractivity contribution in [2.75, 3.05) is 5.32 Å². The third-order valence-electron chi connectivity index (χ3n) is 5.09. The molecule has 2 N–H and O–H groups in total. The van der Waals surface area contributed by atoms with Gasteiger partial charge in [0.15, 0.2) is 0 Å². The smallest absolute Gasteiger partial charge is 0.326 e. The molecule has 6 nitrogen and oxygen atoms in total. The van der Waals surface area contributed by atoms with Gasteiger partial charge in [0, 0.05) is 5.69 Å². The van der Waals surface area contributed by atoms with Crippen LogP contribution in [0.15, 0.2) is 97.1 Å². The molecule has 4 aromatic rings. The number of ether oxygens (including phenoxy) is 2. The number of hydrogen-bond acceptors (Lipinski definition) is 4. The molecule has 0 radical (unpaired) electrons. The van der Waals surface area contributed by atoms with Gasteiger partial charge >= 0.3 is 6.03 Å². The van der Waals surface area contributed by atoms with Crippen LogP contribution in [-0.4, -0.2) is 11.9 Å². The number of rotatable bonds is 8. The number of amides is 3. The molecule has 0 fully saturated rings. The van der Waals surface area contributed by atoms with Crippen LogP contribution in [0.3, 0.4) is 0 Å². The summed E-state index contributed by atoms with van der Waals surface area (Å²) >= 11 is 5.76. The fourth-order valence-corrected chi connectivity index (χ4v) is 3.53. The van der Waals surface area contributed by atoms with Crippen molar-refractivity contribution < 1.29 is 23.5 Å². The van der Waals surface area contributed by atoms with Gasteiger partial charge in [-0.3, -0.25) is 10.1 Å². The second-order valence-corrected chi connectivity index (χ2v) is 8.12. The summed E-state index contributed by atoms with van der Waals surface area (Å²) in [5.74, 6) is -0.852. The molecule has 0 aliphatic heterocycles. The van der Waals surface area contributed by atoms with Gasteiger partial charge in [-0.15, -0.1) is 0 Å². The normalized spacial score (nSPS) is 10.4. The summed E-state index contributed by atoms with van der Waals surface area (Å²) in [5.41, 5.74) is 2.10. The lowest BCUT2D eigenvalue weighted by molar-refractivity contribution is 0.0957. The first-order valence-electron chi connectivity index (χ1n) is 11.0. The summed E-state index contributed by atoms with van der Waals surface area (Å²) in [7, 11) is 0. The first-order chi connectivity index (χ1) is 17.5. The zero-order valence-corrected chi connectivity index (χ0v) is 19.8. The Labute approximate surface area is 212 Å².